The summed E-state index contributed by atoms with van der Waals surface area (Å²) < 4.78 is 0. The molecule has 2 heteroatoms. The number of hydrogen-bond donors (Lipinski definition) is 1. The Hall–Kier alpha value is -0.790. The largest absolute Gasteiger partial charge is 0.348 e. The minimum atomic E-state index is 0.697. The third kappa shape index (κ3) is 2.60. The zero-order chi connectivity index (χ0) is 9.64. The molecule has 0 radical (unpaired) electrons. The van der Waals surface area contributed by atoms with E-state index in [0.29, 0.717) is 5.92 Å². The van der Waals surface area contributed by atoms with Crippen molar-refractivity contribution in [2.45, 2.75) is 57.3 Å². The lowest BCUT2D eigenvalue weighted by molar-refractivity contribution is 0.519. The Morgan fingerprint density at radius 2 is 1.64 bits per heavy atom. The number of imidazole rings is 1. The second-order valence-corrected chi connectivity index (χ2v) is 4.37. The first-order valence-corrected chi connectivity index (χ1v) is 5.96. The van der Waals surface area contributed by atoms with Gasteiger partial charge in [-0.15, -0.1) is 0 Å². The number of aromatic nitrogens is 2. The Bertz CT molecular complexity index is 231. The van der Waals surface area contributed by atoms with Crippen LogP contribution >= 0.6 is 0 Å². The summed E-state index contributed by atoms with van der Waals surface area (Å²) in [6, 6.07) is 0. The number of H-pyrrole nitrogens is 1. The van der Waals surface area contributed by atoms with Crippen molar-refractivity contribution < 1.29 is 0 Å². The van der Waals surface area contributed by atoms with Gasteiger partial charge in [0.15, 0.2) is 0 Å². The first kappa shape index (κ1) is 9.75. The molecule has 0 spiro atoms. The number of rotatable bonds is 1. The average molecular weight is 192 g/mol. The molecule has 0 unspecified atom stereocenters. The third-order valence-electron chi connectivity index (χ3n) is 3.26. The lowest BCUT2D eigenvalue weighted by Crippen LogP contribution is -2.00. The van der Waals surface area contributed by atoms with E-state index in [1.54, 1.807) is 0 Å². The number of nitrogens with one attached hydrogen (secondary N) is 1. The molecule has 0 atom stereocenters. The molecule has 1 aromatic heterocycles. The normalized spacial score (nSPS) is 21.1. The van der Waals surface area contributed by atoms with Crippen LogP contribution in [0.4, 0.5) is 0 Å². The highest BCUT2D eigenvalue weighted by Gasteiger charge is 2.14. The summed E-state index contributed by atoms with van der Waals surface area (Å²) in [6.07, 6.45) is 14.9. The summed E-state index contributed by atoms with van der Waals surface area (Å²) in [5.41, 5.74) is 0. The Morgan fingerprint density at radius 3 is 2.21 bits per heavy atom. The zero-order valence-electron chi connectivity index (χ0n) is 8.84. The first-order chi connectivity index (χ1) is 6.97. The molecule has 1 aromatic rings. The molecule has 1 aliphatic carbocycles. The molecule has 0 amide bonds. The van der Waals surface area contributed by atoms with Crippen molar-refractivity contribution in [3.8, 4) is 0 Å². The van der Waals surface area contributed by atoms with Gasteiger partial charge in [-0.05, 0) is 12.8 Å². The van der Waals surface area contributed by atoms with Gasteiger partial charge in [0.05, 0.1) is 0 Å². The fourth-order valence-corrected chi connectivity index (χ4v) is 2.41. The molecule has 1 aliphatic rings. The summed E-state index contributed by atoms with van der Waals surface area (Å²) in [5, 5.41) is 0. The Balaban J connectivity index is 1.94. The quantitative estimate of drug-likeness (QED) is 0.723. The van der Waals surface area contributed by atoms with Gasteiger partial charge in [0.25, 0.3) is 0 Å². The number of nitrogens with zero attached hydrogens (tertiary/aromatic N) is 1. The molecular weight excluding hydrogens is 172 g/mol. The van der Waals surface area contributed by atoms with Gasteiger partial charge in [0.1, 0.15) is 5.82 Å². The lowest BCUT2D eigenvalue weighted by Gasteiger charge is -2.12. The van der Waals surface area contributed by atoms with Gasteiger partial charge in [0.2, 0.25) is 0 Å². The predicted molar refractivity (Wildman–Crippen MR) is 58.3 cm³/mol. The first-order valence-electron chi connectivity index (χ1n) is 5.96. The molecule has 0 saturated heterocycles. The van der Waals surface area contributed by atoms with Gasteiger partial charge in [0, 0.05) is 18.3 Å². The van der Waals surface area contributed by atoms with E-state index < -0.39 is 0 Å². The SMILES string of the molecule is c1c[nH]c(C2CCCCCCCC2)n1. The van der Waals surface area contributed by atoms with Gasteiger partial charge >= 0.3 is 0 Å². The van der Waals surface area contributed by atoms with Crippen LogP contribution in [-0.2, 0) is 0 Å². The van der Waals surface area contributed by atoms with Gasteiger partial charge < -0.3 is 4.98 Å². The number of hydrogen-bond acceptors (Lipinski definition) is 1. The standard InChI is InChI=1S/C12H20N2/c1-2-4-6-8-11(7-5-3-1)12-13-9-10-14-12/h9-11H,1-8H2,(H,13,14). The van der Waals surface area contributed by atoms with Crippen molar-refractivity contribution in [3.05, 3.63) is 18.2 Å². The topological polar surface area (TPSA) is 28.7 Å². The van der Waals surface area contributed by atoms with E-state index >= 15 is 0 Å². The van der Waals surface area contributed by atoms with E-state index in [-0.39, 0.29) is 0 Å². The van der Waals surface area contributed by atoms with Crippen molar-refractivity contribution in [1.82, 2.24) is 9.97 Å². The average Bonchev–Trinajstić information content (AvgIpc) is 2.75. The molecule has 1 fully saturated rings. The Labute approximate surface area is 86.1 Å². The van der Waals surface area contributed by atoms with Crippen LogP contribution in [0.2, 0.25) is 0 Å². The summed E-state index contributed by atoms with van der Waals surface area (Å²) >= 11 is 0. The maximum absolute atomic E-state index is 4.39. The highest BCUT2D eigenvalue weighted by Crippen LogP contribution is 2.27. The van der Waals surface area contributed by atoms with Crippen LogP contribution in [0.25, 0.3) is 0 Å². The van der Waals surface area contributed by atoms with Crippen LogP contribution in [0.3, 0.4) is 0 Å². The lowest BCUT2D eigenvalue weighted by atomic mass is 9.96. The minimum absolute atomic E-state index is 0.697. The van der Waals surface area contributed by atoms with Gasteiger partial charge in [-0.1, -0.05) is 38.5 Å². The van der Waals surface area contributed by atoms with Crippen molar-refractivity contribution in [2.75, 3.05) is 0 Å². The van der Waals surface area contributed by atoms with E-state index in [9.17, 15) is 0 Å². The van der Waals surface area contributed by atoms with E-state index in [4.69, 9.17) is 0 Å². The van der Waals surface area contributed by atoms with Crippen molar-refractivity contribution in [1.29, 1.82) is 0 Å². The molecule has 1 heterocycles. The van der Waals surface area contributed by atoms with Crippen LogP contribution in [0.1, 0.15) is 63.1 Å². The molecule has 1 saturated carbocycles. The summed E-state index contributed by atoms with van der Waals surface area (Å²) in [6.45, 7) is 0. The zero-order valence-corrected chi connectivity index (χ0v) is 8.84. The second-order valence-electron chi connectivity index (χ2n) is 4.37. The highest BCUT2D eigenvalue weighted by atomic mass is 14.9. The number of aromatic amines is 1. The van der Waals surface area contributed by atoms with Crippen LogP contribution < -0.4 is 0 Å². The monoisotopic (exact) mass is 192 g/mol. The maximum atomic E-state index is 4.39. The van der Waals surface area contributed by atoms with Crippen LogP contribution in [0.5, 0.6) is 0 Å². The molecule has 14 heavy (non-hydrogen) atoms. The Morgan fingerprint density at radius 1 is 1.00 bits per heavy atom. The third-order valence-corrected chi connectivity index (χ3v) is 3.26. The van der Waals surface area contributed by atoms with E-state index in [2.05, 4.69) is 9.97 Å². The fourth-order valence-electron chi connectivity index (χ4n) is 2.41. The second kappa shape index (κ2) is 5.18. The maximum Gasteiger partial charge on any atom is 0.109 e. The van der Waals surface area contributed by atoms with Crippen LogP contribution in [0, 0.1) is 0 Å². The van der Waals surface area contributed by atoms with E-state index in [0.717, 1.165) is 0 Å². The fraction of sp³-hybridized carbons (Fsp3) is 0.750. The molecule has 0 aromatic carbocycles. The van der Waals surface area contributed by atoms with E-state index in [1.165, 1.54) is 57.2 Å². The smallest absolute Gasteiger partial charge is 0.109 e. The molecule has 0 aliphatic heterocycles. The molecule has 2 rings (SSSR count). The molecule has 2 nitrogen and oxygen atoms in total. The summed E-state index contributed by atoms with van der Waals surface area (Å²) in [7, 11) is 0. The highest BCUT2D eigenvalue weighted by molar-refractivity contribution is 4.96. The van der Waals surface area contributed by atoms with Crippen LogP contribution in [0.15, 0.2) is 12.4 Å². The van der Waals surface area contributed by atoms with E-state index in [1.807, 2.05) is 12.4 Å². The minimum Gasteiger partial charge on any atom is -0.348 e. The molecular formula is C12H20N2. The summed E-state index contributed by atoms with van der Waals surface area (Å²) in [4.78, 5) is 7.65. The van der Waals surface area contributed by atoms with Gasteiger partial charge in [-0.25, -0.2) is 4.98 Å². The Kier molecular flexibility index (Phi) is 3.61. The van der Waals surface area contributed by atoms with Crippen molar-refractivity contribution >= 4 is 0 Å². The summed E-state index contributed by atoms with van der Waals surface area (Å²) in [5.74, 6) is 1.91. The van der Waals surface area contributed by atoms with Gasteiger partial charge in [-0.3, -0.25) is 0 Å². The van der Waals surface area contributed by atoms with Crippen molar-refractivity contribution in [2.24, 2.45) is 0 Å². The van der Waals surface area contributed by atoms with Crippen LogP contribution in [-0.4, -0.2) is 9.97 Å². The molecule has 1 N–H and O–H groups in total. The molecule has 0 bridgehead atoms. The van der Waals surface area contributed by atoms with Gasteiger partial charge in [-0.2, -0.15) is 0 Å². The molecule has 78 valence electrons. The van der Waals surface area contributed by atoms with Crippen molar-refractivity contribution in [3.63, 3.8) is 0 Å². The predicted octanol–water partition coefficient (Wildman–Crippen LogP) is 3.63.